The van der Waals surface area contributed by atoms with E-state index in [9.17, 15) is 10.1 Å². The van der Waals surface area contributed by atoms with Crippen LogP contribution in [0.3, 0.4) is 0 Å². The summed E-state index contributed by atoms with van der Waals surface area (Å²) in [4.78, 5) is 36.9. The predicted molar refractivity (Wildman–Crippen MR) is 267 cm³/mol. The van der Waals surface area contributed by atoms with Crippen molar-refractivity contribution in [2.45, 2.75) is 71.8 Å². The number of anilines is 2. The van der Waals surface area contributed by atoms with Crippen LogP contribution in [0.1, 0.15) is 75.1 Å². The Hall–Kier alpha value is -8.51. The number of nitriles is 1. The first-order chi connectivity index (χ1) is 33.3. The van der Waals surface area contributed by atoms with Crippen LogP contribution in [-0.2, 0) is 4.79 Å². The van der Waals surface area contributed by atoms with Crippen molar-refractivity contribution in [1.29, 1.82) is 10.7 Å². The Bertz CT molecular complexity index is 2940. The molecule has 0 bridgehead atoms. The highest BCUT2D eigenvalue weighted by molar-refractivity contribution is 6.74. The van der Waals surface area contributed by atoms with Crippen molar-refractivity contribution < 1.29 is 33.1 Å². The number of ether oxygens (including phenoxy) is 3. The van der Waals surface area contributed by atoms with Gasteiger partial charge in [-0.25, -0.2) is 14.8 Å². The van der Waals surface area contributed by atoms with Gasteiger partial charge < -0.3 is 44.6 Å². The number of nitrogen functional groups attached to an aromatic ring is 1. The fourth-order valence-corrected chi connectivity index (χ4v) is 7.26. The second-order valence-corrected chi connectivity index (χ2v) is 21.6. The molecule has 21 heteroatoms. The van der Waals surface area contributed by atoms with Crippen LogP contribution in [0.4, 0.5) is 11.4 Å². The molecular formula is C49H58N12O8Si. The lowest BCUT2D eigenvalue weighted by atomic mass is 10.0. The third-order valence-electron chi connectivity index (χ3n) is 10.8. The first-order valence-electron chi connectivity index (χ1n) is 21.9. The molecule has 0 aliphatic rings. The number of aromatic nitrogens is 7. The van der Waals surface area contributed by atoms with E-state index < -0.39 is 32.1 Å². The summed E-state index contributed by atoms with van der Waals surface area (Å²) in [5.41, 5.74) is 9.64. The number of methoxy groups -OCH3 is 2. The van der Waals surface area contributed by atoms with E-state index in [0.29, 0.717) is 52.7 Å². The first-order valence-corrected chi connectivity index (χ1v) is 24.8. The van der Waals surface area contributed by atoms with E-state index in [1.165, 1.54) is 12.4 Å². The Labute approximate surface area is 406 Å². The highest BCUT2D eigenvalue weighted by Gasteiger charge is 2.39. The number of hydrogen-bond donors (Lipinski definition) is 6. The van der Waals surface area contributed by atoms with E-state index >= 15 is 0 Å². The van der Waals surface area contributed by atoms with Crippen molar-refractivity contribution in [1.82, 2.24) is 34.9 Å². The molecule has 0 aliphatic carbocycles. The molecule has 7 aromatic rings. The van der Waals surface area contributed by atoms with Gasteiger partial charge in [0.05, 0.1) is 26.9 Å². The van der Waals surface area contributed by atoms with Gasteiger partial charge in [-0.05, 0) is 115 Å². The van der Waals surface area contributed by atoms with Gasteiger partial charge in [0, 0.05) is 48.7 Å². The number of nitrogens with zero attached hydrogens (tertiary/aromatic N) is 7. The van der Waals surface area contributed by atoms with Crippen molar-refractivity contribution in [3.63, 3.8) is 0 Å². The summed E-state index contributed by atoms with van der Waals surface area (Å²) >= 11 is 0. The van der Waals surface area contributed by atoms with Crippen LogP contribution in [0, 0.1) is 23.7 Å². The zero-order valence-electron chi connectivity index (χ0n) is 40.7. The number of aromatic amines is 1. The molecule has 20 nitrogen and oxygen atoms in total. The van der Waals surface area contributed by atoms with E-state index in [1.807, 2.05) is 61.5 Å². The summed E-state index contributed by atoms with van der Waals surface area (Å²) in [5, 5.41) is 39.9. The largest absolute Gasteiger partial charge is 0.541 e. The van der Waals surface area contributed by atoms with Crippen LogP contribution in [-0.4, -0.2) is 80.9 Å². The number of nitrogens with two attached hydrogens (primary N) is 1. The van der Waals surface area contributed by atoms with Crippen molar-refractivity contribution in [3.8, 4) is 46.4 Å². The van der Waals surface area contributed by atoms with E-state index in [-0.39, 0.29) is 16.8 Å². The molecule has 7 N–H and O–H groups in total. The summed E-state index contributed by atoms with van der Waals surface area (Å²) < 4.78 is 29.3. The topological polar surface area (TPSA) is 287 Å². The molecule has 3 heterocycles. The SMILES string of the molecule is CC(=O)O.CCOc1ccc([C@H](Nc2ccc(C(=N)N)cc2)c2nn(-c3ncccn3)c(=O)[nH]2)cc1OC.COc1cc(C(C#N)Nc2ccc(-c3noc(C)n3)cc2)ccc1O[Si](C)(C)C(C)(C)C. The Kier molecular flexibility index (Phi) is 17.6. The third-order valence-corrected chi connectivity index (χ3v) is 15.1. The molecule has 0 aliphatic heterocycles. The molecule has 0 radical (unpaired) electrons. The monoisotopic (exact) mass is 970 g/mol. The zero-order valence-corrected chi connectivity index (χ0v) is 41.7. The smallest absolute Gasteiger partial charge is 0.350 e. The number of amidine groups is 1. The lowest BCUT2D eigenvalue weighted by Gasteiger charge is -2.36. The van der Waals surface area contributed by atoms with Crippen LogP contribution in [0.5, 0.6) is 23.0 Å². The summed E-state index contributed by atoms with van der Waals surface area (Å²) in [5.74, 6) is 3.18. The lowest BCUT2D eigenvalue weighted by Crippen LogP contribution is -2.43. The van der Waals surface area contributed by atoms with Crippen LogP contribution < -0.4 is 40.7 Å². The number of aryl methyl sites for hydroxylation is 1. The summed E-state index contributed by atoms with van der Waals surface area (Å²) in [6.45, 7) is 16.2. The molecule has 0 saturated carbocycles. The lowest BCUT2D eigenvalue weighted by molar-refractivity contribution is -0.134. The van der Waals surface area contributed by atoms with Crippen LogP contribution in [0.2, 0.25) is 18.1 Å². The summed E-state index contributed by atoms with van der Waals surface area (Å²) in [6.07, 6.45) is 3.07. The molecular weight excluding hydrogens is 913 g/mol. The van der Waals surface area contributed by atoms with E-state index in [1.54, 1.807) is 57.5 Å². The van der Waals surface area contributed by atoms with E-state index in [0.717, 1.165) is 39.7 Å². The van der Waals surface area contributed by atoms with Gasteiger partial charge in [0.2, 0.25) is 11.7 Å². The fourth-order valence-electron chi connectivity index (χ4n) is 6.23. The minimum absolute atomic E-state index is 0.0229. The molecule has 7 rings (SSSR count). The number of rotatable bonds is 16. The number of carboxylic acids is 1. The first kappa shape index (κ1) is 52.5. The molecule has 0 spiro atoms. The highest BCUT2D eigenvalue weighted by atomic mass is 28.4. The summed E-state index contributed by atoms with van der Waals surface area (Å²) in [7, 11) is 1.16. The maximum atomic E-state index is 12.7. The van der Waals surface area contributed by atoms with Gasteiger partial charge in [-0.2, -0.15) is 10.2 Å². The van der Waals surface area contributed by atoms with Crippen LogP contribution >= 0.6 is 0 Å². The van der Waals surface area contributed by atoms with E-state index in [2.05, 4.69) is 80.8 Å². The number of H-pyrrole nitrogens is 1. The number of aliphatic carboxylic acids is 1. The van der Waals surface area contributed by atoms with Gasteiger partial charge in [0.25, 0.3) is 20.2 Å². The van der Waals surface area contributed by atoms with Crippen molar-refractivity contribution in [3.05, 3.63) is 142 Å². The van der Waals surface area contributed by atoms with Crippen molar-refractivity contribution in [2.24, 2.45) is 5.73 Å². The predicted octanol–water partition coefficient (Wildman–Crippen LogP) is 8.45. The van der Waals surface area contributed by atoms with Gasteiger partial charge >= 0.3 is 5.69 Å². The number of benzene rings is 4. The molecule has 0 fully saturated rings. The average molecular weight is 971 g/mol. The normalized spacial score (nSPS) is 11.8. The van der Waals surface area contributed by atoms with Gasteiger partial charge in [-0.1, -0.05) is 38.1 Å². The third kappa shape index (κ3) is 13.8. The zero-order chi connectivity index (χ0) is 51.2. The molecule has 70 heavy (non-hydrogen) atoms. The van der Waals surface area contributed by atoms with Gasteiger partial charge in [-0.3, -0.25) is 15.2 Å². The van der Waals surface area contributed by atoms with Gasteiger partial charge in [0.1, 0.15) is 23.7 Å². The van der Waals surface area contributed by atoms with Crippen molar-refractivity contribution in [2.75, 3.05) is 31.5 Å². The Morgan fingerprint density at radius 2 is 1.50 bits per heavy atom. The molecule has 3 aromatic heterocycles. The van der Waals surface area contributed by atoms with Crippen molar-refractivity contribution >= 4 is 31.5 Å². The number of hydrogen-bond acceptors (Lipinski definition) is 16. The number of carboxylic acid groups (broad SMARTS) is 1. The molecule has 4 aromatic carbocycles. The molecule has 2 atom stereocenters. The fraction of sp³-hybridized carbons (Fsp3) is 0.286. The number of carbonyl (C=O) groups is 1. The second kappa shape index (κ2) is 23.5. The molecule has 366 valence electrons. The highest BCUT2D eigenvalue weighted by Crippen LogP contribution is 2.41. The van der Waals surface area contributed by atoms with Crippen LogP contribution in [0.25, 0.3) is 17.3 Å². The maximum Gasteiger partial charge on any atom is 0.350 e. The minimum atomic E-state index is -2.02. The Morgan fingerprint density at radius 3 is 2.06 bits per heavy atom. The second-order valence-electron chi connectivity index (χ2n) is 16.9. The van der Waals surface area contributed by atoms with Gasteiger partial charge in [-0.15, -0.1) is 9.78 Å². The Morgan fingerprint density at radius 1 is 0.929 bits per heavy atom. The van der Waals surface area contributed by atoms with E-state index in [4.69, 9.17) is 44.2 Å². The number of nitrogens with one attached hydrogen (secondary N) is 4. The summed E-state index contributed by atoms with van der Waals surface area (Å²) in [6, 6.07) is 28.6. The Balaban J connectivity index is 0.000000243. The maximum absolute atomic E-state index is 12.7. The molecule has 0 saturated heterocycles. The standard InChI is InChI=1S/C24H30N4O3Si.C23H24N8O3.C2H4O2/c1-16-26-23(28-30-16)17-8-11-19(12-9-17)27-20(15-25)18-10-13-21(22(14-18)29-5)31-32(6,7)24(2,3)4;1-3-34-17-10-7-15(13-18(17)33-2)19(28-16-8-5-14(6-9-16)20(24)25)21-29-23(32)31(30-21)22-26-11-4-12-27-22;1-2(3)4/h8-14,20,27H,1-7H3;4-13,19,28H,3H2,1-2H3,(H3,24,25)(H,29,30,32);1H3,(H,3,4)/t;19-;/m.0./s1. The average Bonchev–Trinajstić information content (AvgIpc) is 3.95. The molecule has 1 unspecified atom stereocenters. The van der Waals surface area contributed by atoms with Crippen LogP contribution in [0.15, 0.2) is 113 Å². The quantitative estimate of drug-likeness (QED) is 0.0301. The minimum Gasteiger partial charge on any atom is -0.541 e. The van der Waals surface area contributed by atoms with Gasteiger partial charge in [0.15, 0.2) is 23.1 Å². The molecule has 0 amide bonds.